The number of para-hydroxylation sites is 1. The Kier molecular flexibility index (Phi) is 4.34. The van der Waals surface area contributed by atoms with Crippen LogP contribution in [0.3, 0.4) is 0 Å². The van der Waals surface area contributed by atoms with E-state index in [2.05, 4.69) is 29.5 Å². The van der Waals surface area contributed by atoms with Crippen LogP contribution in [-0.2, 0) is 4.79 Å². The molecule has 0 unspecified atom stereocenters. The maximum atomic E-state index is 11.7. The molecule has 100 valence electrons. The quantitative estimate of drug-likeness (QED) is 0.865. The minimum absolute atomic E-state index is 0.00151. The summed E-state index contributed by atoms with van der Waals surface area (Å²) < 4.78 is 0. The van der Waals surface area contributed by atoms with Gasteiger partial charge in [0.1, 0.15) is 0 Å². The highest BCUT2D eigenvalue weighted by Crippen LogP contribution is 2.20. The monoisotopic (exact) mass is 257 g/mol. The molecule has 1 aromatic carbocycles. The molecule has 2 rings (SSSR count). The third-order valence-corrected chi connectivity index (χ3v) is 2.78. The van der Waals surface area contributed by atoms with Gasteiger partial charge in [-0.2, -0.15) is 0 Å². The second kappa shape index (κ2) is 6.18. The van der Waals surface area contributed by atoms with E-state index in [0.717, 1.165) is 16.6 Å². The maximum absolute atomic E-state index is 11.7. The van der Waals surface area contributed by atoms with Crippen molar-refractivity contribution in [2.45, 2.75) is 13.8 Å². The van der Waals surface area contributed by atoms with Crippen molar-refractivity contribution in [3.63, 3.8) is 0 Å². The summed E-state index contributed by atoms with van der Waals surface area (Å²) in [6, 6.07) is 9.81. The van der Waals surface area contributed by atoms with Crippen molar-refractivity contribution in [1.82, 2.24) is 10.3 Å². The van der Waals surface area contributed by atoms with Crippen LogP contribution in [0.15, 0.2) is 36.5 Å². The van der Waals surface area contributed by atoms with Crippen LogP contribution in [0.25, 0.3) is 10.9 Å². The van der Waals surface area contributed by atoms with Crippen LogP contribution in [0.2, 0.25) is 0 Å². The summed E-state index contributed by atoms with van der Waals surface area (Å²) in [5.41, 5.74) is 1.78. The molecule has 0 aliphatic rings. The first-order valence-electron chi connectivity index (χ1n) is 6.51. The van der Waals surface area contributed by atoms with E-state index in [9.17, 15) is 4.79 Å². The SMILES string of the molecule is CC(C)CNC(=O)CNc1cccc2cccnc12. The van der Waals surface area contributed by atoms with Gasteiger partial charge in [-0.25, -0.2) is 0 Å². The molecule has 0 aliphatic carbocycles. The minimum atomic E-state index is 0.00151. The molecule has 0 spiro atoms. The Balaban J connectivity index is 2.00. The lowest BCUT2D eigenvalue weighted by atomic mass is 10.2. The molecular weight excluding hydrogens is 238 g/mol. The van der Waals surface area contributed by atoms with Gasteiger partial charge in [0.15, 0.2) is 0 Å². The fourth-order valence-electron chi connectivity index (χ4n) is 1.80. The molecule has 1 amide bonds. The van der Waals surface area contributed by atoms with Crippen molar-refractivity contribution in [3.8, 4) is 0 Å². The van der Waals surface area contributed by atoms with E-state index in [1.165, 1.54) is 0 Å². The van der Waals surface area contributed by atoms with Gasteiger partial charge in [-0.3, -0.25) is 9.78 Å². The standard InChI is InChI=1S/C15H19N3O/c1-11(2)9-18-14(19)10-17-13-7-3-5-12-6-4-8-16-15(12)13/h3-8,11,17H,9-10H2,1-2H3,(H,18,19). The van der Waals surface area contributed by atoms with Crippen LogP contribution in [0, 0.1) is 5.92 Å². The molecule has 4 nitrogen and oxygen atoms in total. The van der Waals surface area contributed by atoms with Crippen LogP contribution in [0.1, 0.15) is 13.8 Å². The molecule has 0 fully saturated rings. The zero-order valence-corrected chi connectivity index (χ0v) is 11.3. The van der Waals surface area contributed by atoms with Crippen LogP contribution >= 0.6 is 0 Å². The topological polar surface area (TPSA) is 54.0 Å². The molecule has 2 N–H and O–H groups in total. The number of carbonyl (C=O) groups is 1. The fourth-order valence-corrected chi connectivity index (χ4v) is 1.80. The van der Waals surface area contributed by atoms with Crippen LogP contribution in [0.5, 0.6) is 0 Å². The van der Waals surface area contributed by atoms with E-state index in [0.29, 0.717) is 12.5 Å². The van der Waals surface area contributed by atoms with Crippen LogP contribution in [0.4, 0.5) is 5.69 Å². The molecule has 0 aliphatic heterocycles. The summed E-state index contributed by atoms with van der Waals surface area (Å²) in [5, 5.41) is 7.08. The molecule has 1 aromatic heterocycles. The Labute approximate surface area is 113 Å². The first kappa shape index (κ1) is 13.3. The summed E-state index contributed by atoms with van der Waals surface area (Å²) in [5.74, 6) is 0.463. The zero-order valence-electron chi connectivity index (χ0n) is 11.3. The van der Waals surface area contributed by atoms with Crippen molar-refractivity contribution in [3.05, 3.63) is 36.5 Å². The highest BCUT2D eigenvalue weighted by Gasteiger charge is 2.04. The molecule has 4 heteroatoms. The minimum Gasteiger partial charge on any atom is -0.374 e. The van der Waals surface area contributed by atoms with Gasteiger partial charge >= 0.3 is 0 Å². The van der Waals surface area contributed by atoms with Crippen molar-refractivity contribution >= 4 is 22.5 Å². The second-order valence-corrected chi connectivity index (χ2v) is 4.93. The lowest BCUT2D eigenvalue weighted by Crippen LogP contribution is -2.32. The Morgan fingerprint density at radius 2 is 2.05 bits per heavy atom. The first-order chi connectivity index (χ1) is 9.16. The molecule has 0 saturated heterocycles. The number of benzene rings is 1. The van der Waals surface area contributed by atoms with Crippen molar-refractivity contribution in [2.75, 3.05) is 18.4 Å². The average molecular weight is 257 g/mol. The van der Waals surface area contributed by atoms with E-state index in [4.69, 9.17) is 0 Å². The second-order valence-electron chi connectivity index (χ2n) is 4.93. The number of aromatic nitrogens is 1. The summed E-state index contributed by atoms with van der Waals surface area (Å²) in [4.78, 5) is 16.0. The maximum Gasteiger partial charge on any atom is 0.239 e. The van der Waals surface area contributed by atoms with Crippen LogP contribution in [-0.4, -0.2) is 24.0 Å². The number of fused-ring (bicyclic) bond motifs is 1. The predicted octanol–water partition coefficient (Wildman–Crippen LogP) is 2.42. The molecule has 19 heavy (non-hydrogen) atoms. The van der Waals surface area contributed by atoms with Gasteiger partial charge in [0.25, 0.3) is 0 Å². The number of amides is 1. The number of rotatable bonds is 5. The molecular formula is C15H19N3O. The summed E-state index contributed by atoms with van der Waals surface area (Å²) in [6.07, 6.45) is 1.76. The Bertz CT molecular complexity index is 561. The normalized spacial score (nSPS) is 10.7. The number of hydrogen-bond donors (Lipinski definition) is 2. The van der Waals surface area contributed by atoms with Crippen molar-refractivity contribution < 1.29 is 4.79 Å². The number of hydrogen-bond acceptors (Lipinski definition) is 3. The van der Waals surface area contributed by atoms with Gasteiger partial charge in [-0.05, 0) is 18.1 Å². The number of carbonyl (C=O) groups excluding carboxylic acids is 1. The van der Waals surface area contributed by atoms with E-state index >= 15 is 0 Å². The van der Waals surface area contributed by atoms with Gasteiger partial charge in [0.2, 0.25) is 5.91 Å². The average Bonchev–Trinajstić information content (AvgIpc) is 2.42. The number of nitrogens with zero attached hydrogens (tertiary/aromatic N) is 1. The fraction of sp³-hybridized carbons (Fsp3) is 0.333. The summed E-state index contributed by atoms with van der Waals surface area (Å²) in [7, 11) is 0. The zero-order chi connectivity index (χ0) is 13.7. The number of anilines is 1. The number of nitrogens with one attached hydrogen (secondary N) is 2. The molecule has 2 aromatic rings. The third-order valence-electron chi connectivity index (χ3n) is 2.78. The van der Waals surface area contributed by atoms with Crippen molar-refractivity contribution in [2.24, 2.45) is 5.92 Å². The summed E-state index contributed by atoms with van der Waals surface area (Å²) in [6.45, 7) is 5.11. The van der Waals surface area contributed by atoms with E-state index in [-0.39, 0.29) is 12.5 Å². The van der Waals surface area contributed by atoms with Crippen LogP contribution < -0.4 is 10.6 Å². The lowest BCUT2D eigenvalue weighted by Gasteiger charge is -2.10. The molecule has 1 heterocycles. The van der Waals surface area contributed by atoms with Gasteiger partial charge in [-0.1, -0.05) is 32.0 Å². The highest BCUT2D eigenvalue weighted by atomic mass is 16.1. The summed E-state index contributed by atoms with van der Waals surface area (Å²) >= 11 is 0. The van der Waals surface area contributed by atoms with E-state index in [1.807, 2.05) is 30.3 Å². The molecule has 0 atom stereocenters. The van der Waals surface area contributed by atoms with Crippen molar-refractivity contribution in [1.29, 1.82) is 0 Å². The largest absolute Gasteiger partial charge is 0.374 e. The van der Waals surface area contributed by atoms with Gasteiger partial charge in [-0.15, -0.1) is 0 Å². The Morgan fingerprint density at radius 3 is 2.84 bits per heavy atom. The molecule has 0 saturated carbocycles. The first-order valence-corrected chi connectivity index (χ1v) is 6.51. The van der Waals surface area contributed by atoms with Gasteiger partial charge in [0.05, 0.1) is 17.7 Å². The smallest absolute Gasteiger partial charge is 0.239 e. The number of pyridine rings is 1. The third kappa shape index (κ3) is 3.68. The van der Waals surface area contributed by atoms with E-state index in [1.54, 1.807) is 6.20 Å². The van der Waals surface area contributed by atoms with Gasteiger partial charge < -0.3 is 10.6 Å². The Hall–Kier alpha value is -2.10. The highest BCUT2D eigenvalue weighted by molar-refractivity contribution is 5.91. The molecule has 0 radical (unpaired) electrons. The Morgan fingerprint density at radius 1 is 1.26 bits per heavy atom. The van der Waals surface area contributed by atoms with Gasteiger partial charge in [0, 0.05) is 18.1 Å². The van der Waals surface area contributed by atoms with E-state index < -0.39 is 0 Å². The molecule has 0 bridgehead atoms. The lowest BCUT2D eigenvalue weighted by molar-refractivity contribution is -0.119. The predicted molar refractivity (Wildman–Crippen MR) is 78.1 cm³/mol.